The molecule has 34 heavy (non-hydrogen) atoms. The Morgan fingerprint density at radius 1 is 1.12 bits per heavy atom. The smallest absolute Gasteiger partial charge is 0.251 e. The van der Waals surface area contributed by atoms with Gasteiger partial charge in [-0.1, -0.05) is 35.9 Å². The van der Waals surface area contributed by atoms with Crippen molar-refractivity contribution in [2.24, 2.45) is 0 Å². The summed E-state index contributed by atoms with van der Waals surface area (Å²) in [5, 5.41) is 21.0. The maximum Gasteiger partial charge on any atom is 0.251 e. The molecule has 0 bridgehead atoms. The van der Waals surface area contributed by atoms with Crippen molar-refractivity contribution in [2.75, 3.05) is 11.9 Å². The summed E-state index contributed by atoms with van der Waals surface area (Å²) >= 11 is 5.89. The van der Waals surface area contributed by atoms with Crippen molar-refractivity contribution in [3.8, 4) is 11.3 Å². The quantitative estimate of drug-likeness (QED) is 0.370. The number of nitrogens with one attached hydrogen (secondary N) is 2. The second-order valence-corrected chi connectivity index (χ2v) is 8.41. The first kappa shape index (κ1) is 23.4. The molecular formula is C25H24ClN5O3. The maximum absolute atomic E-state index is 12.8. The average Bonchev–Trinajstić information content (AvgIpc) is 3.20. The highest BCUT2D eigenvalue weighted by atomic mass is 35.5. The number of amides is 2. The number of aliphatic hydroxyl groups is 1. The second-order valence-electron chi connectivity index (χ2n) is 7.97. The zero-order valence-electron chi connectivity index (χ0n) is 18.7. The third-order valence-corrected chi connectivity index (χ3v) is 5.61. The van der Waals surface area contributed by atoms with E-state index in [9.17, 15) is 14.7 Å². The van der Waals surface area contributed by atoms with Gasteiger partial charge < -0.3 is 15.7 Å². The molecule has 9 heteroatoms. The van der Waals surface area contributed by atoms with Gasteiger partial charge in [-0.25, -0.2) is 9.50 Å². The number of aliphatic hydroxyl groups excluding tert-OH is 1. The first-order valence-electron chi connectivity index (χ1n) is 10.8. The van der Waals surface area contributed by atoms with Crippen LogP contribution in [0.5, 0.6) is 0 Å². The van der Waals surface area contributed by atoms with Crippen LogP contribution < -0.4 is 10.6 Å². The lowest BCUT2D eigenvalue weighted by Gasteiger charge is -2.13. The molecule has 8 nitrogen and oxygen atoms in total. The number of nitrogens with zero attached hydrogens (tertiary/aromatic N) is 3. The van der Waals surface area contributed by atoms with Gasteiger partial charge in [0, 0.05) is 29.6 Å². The lowest BCUT2D eigenvalue weighted by atomic mass is 10.0. The van der Waals surface area contributed by atoms with Crippen molar-refractivity contribution in [3.63, 3.8) is 0 Å². The minimum atomic E-state index is -0.696. The predicted molar refractivity (Wildman–Crippen MR) is 131 cm³/mol. The molecule has 2 heterocycles. The van der Waals surface area contributed by atoms with Gasteiger partial charge in [0.25, 0.3) is 5.91 Å². The molecule has 2 amide bonds. The zero-order valence-corrected chi connectivity index (χ0v) is 19.5. The Morgan fingerprint density at radius 2 is 1.88 bits per heavy atom. The fourth-order valence-corrected chi connectivity index (χ4v) is 3.70. The Balaban J connectivity index is 1.46. The minimum Gasteiger partial charge on any atom is -0.388 e. The summed E-state index contributed by atoms with van der Waals surface area (Å²) in [6.45, 7) is 3.60. The van der Waals surface area contributed by atoms with Crippen molar-refractivity contribution in [3.05, 3.63) is 82.5 Å². The number of aromatic nitrogens is 3. The summed E-state index contributed by atoms with van der Waals surface area (Å²) in [5.41, 5.74) is 4.14. The van der Waals surface area contributed by atoms with Gasteiger partial charge in [0.1, 0.15) is 0 Å². The normalized spacial score (nSPS) is 11.9. The van der Waals surface area contributed by atoms with E-state index in [1.807, 2.05) is 25.1 Å². The Morgan fingerprint density at radius 3 is 2.62 bits per heavy atom. The number of fused-ring (bicyclic) bond motifs is 1. The largest absolute Gasteiger partial charge is 0.388 e. The summed E-state index contributed by atoms with van der Waals surface area (Å²) < 4.78 is 1.58. The fourth-order valence-electron chi connectivity index (χ4n) is 3.57. The lowest BCUT2D eigenvalue weighted by Crippen LogP contribution is -2.26. The van der Waals surface area contributed by atoms with Gasteiger partial charge in [-0.3, -0.25) is 9.59 Å². The van der Waals surface area contributed by atoms with E-state index >= 15 is 0 Å². The molecule has 0 aliphatic carbocycles. The standard InChI is InChI=1S/C25H24ClN5O3/c1-15-3-4-18(21-9-10-24-29-23(28-16(2)32)14-31(24)30-21)13-20(15)25(34)27-12-11-22(33)17-5-7-19(26)8-6-17/h3-10,13-14,22,33H,11-12H2,1-2H3,(H,27,34)(H,28,32)/t22-/m0/s1. The van der Waals surface area contributed by atoms with E-state index in [2.05, 4.69) is 20.7 Å². The van der Waals surface area contributed by atoms with Crippen molar-refractivity contribution < 1.29 is 14.7 Å². The first-order chi connectivity index (χ1) is 16.3. The molecule has 174 valence electrons. The molecule has 2 aromatic carbocycles. The van der Waals surface area contributed by atoms with Crippen LogP contribution in [0.3, 0.4) is 0 Å². The number of aryl methyl sites for hydroxylation is 1. The van der Waals surface area contributed by atoms with E-state index in [1.54, 1.807) is 47.1 Å². The highest BCUT2D eigenvalue weighted by Gasteiger charge is 2.14. The van der Waals surface area contributed by atoms with Crippen molar-refractivity contribution >= 4 is 34.9 Å². The van der Waals surface area contributed by atoms with Crippen molar-refractivity contribution in [1.29, 1.82) is 0 Å². The van der Waals surface area contributed by atoms with E-state index in [1.165, 1.54) is 6.92 Å². The third kappa shape index (κ3) is 5.41. The third-order valence-electron chi connectivity index (χ3n) is 5.36. The van der Waals surface area contributed by atoms with E-state index in [0.717, 1.165) is 16.7 Å². The number of anilines is 1. The Bertz CT molecular complexity index is 1350. The molecular weight excluding hydrogens is 454 g/mol. The molecule has 0 aliphatic heterocycles. The molecule has 1 atom stereocenters. The van der Waals surface area contributed by atoms with Gasteiger partial charge in [-0.15, -0.1) is 0 Å². The number of rotatable bonds is 7. The summed E-state index contributed by atoms with van der Waals surface area (Å²) in [6, 6.07) is 16.2. The molecule has 2 aromatic heterocycles. The number of imidazole rings is 1. The van der Waals surface area contributed by atoms with Crippen LogP contribution in [0, 0.1) is 6.92 Å². The van der Waals surface area contributed by atoms with Crippen LogP contribution in [0.1, 0.15) is 40.9 Å². The summed E-state index contributed by atoms with van der Waals surface area (Å²) in [4.78, 5) is 28.4. The topological polar surface area (TPSA) is 109 Å². The van der Waals surface area contributed by atoms with Crippen LogP contribution >= 0.6 is 11.6 Å². The molecule has 0 radical (unpaired) electrons. The zero-order chi connectivity index (χ0) is 24.2. The molecule has 3 N–H and O–H groups in total. The van der Waals surface area contributed by atoms with E-state index < -0.39 is 6.10 Å². The molecule has 4 aromatic rings. The molecule has 4 rings (SSSR count). The predicted octanol–water partition coefficient (Wildman–Crippen LogP) is 4.17. The Hall–Kier alpha value is -3.75. The number of halogens is 1. The lowest BCUT2D eigenvalue weighted by molar-refractivity contribution is -0.114. The Labute approximate surface area is 201 Å². The fraction of sp³-hybridized carbons (Fsp3) is 0.200. The molecule has 0 saturated carbocycles. The summed E-state index contributed by atoms with van der Waals surface area (Å²) in [5.74, 6) is -0.0141. The van der Waals surface area contributed by atoms with Crippen molar-refractivity contribution in [1.82, 2.24) is 19.9 Å². The Kier molecular flexibility index (Phi) is 6.90. The summed E-state index contributed by atoms with van der Waals surface area (Å²) in [6.07, 6.45) is 1.31. The van der Waals surface area contributed by atoms with Crippen LogP contribution in [0.25, 0.3) is 16.9 Å². The van der Waals surface area contributed by atoms with Crippen LogP contribution in [0.2, 0.25) is 5.02 Å². The van der Waals surface area contributed by atoms with Gasteiger partial charge in [0.15, 0.2) is 11.5 Å². The second kappa shape index (κ2) is 10.0. The number of hydrogen-bond donors (Lipinski definition) is 3. The molecule has 0 saturated heterocycles. The monoisotopic (exact) mass is 477 g/mol. The van der Waals surface area contributed by atoms with Gasteiger partial charge in [0.2, 0.25) is 5.91 Å². The van der Waals surface area contributed by atoms with E-state index in [0.29, 0.717) is 40.7 Å². The summed E-state index contributed by atoms with van der Waals surface area (Å²) in [7, 11) is 0. The SMILES string of the molecule is CC(=O)Nc1cn2nc(-c3ccc(C)c(C(=O)NCC[C@H](O)c4ccc(Cl)cc4)c3)ccc2n1. The van der Waals surface area contributed by atoms with Crippen LogP contribution in [0.4, 0.5) is 5.82 Å². The van der Waals surface area contributed by atoms with Gasteiger partial charge in [0.05, 0.1) is 18.0 Å². The van der Waals surface area contributed by atoms with Gasteiger partial charge in [-0.05, 0) is 54.8 Å². The molecule has 0 aliphatic rings. The number of carbonyl (C=O) groups excluding carboxylic acids is 2. The number of benzene rings is 2. The van der Waals surface area contributed by atoms with Crippen LogP contribution in [-0.2, 0) is 4.79 Å². The highest BCUT2D eigenvalue weighted by molar-refractivity contribution is 6.30. The highest BCUT2D eigenvalue weighted by Crippen LogP contribution is 2.22. The molecule has 0 unspecified atom stereocenters. The molecule has 0 fully saturated rings. The molecule has 0 spiro atoms. The minimum absolute atomic E-state index is 0.210. The van der Waals surface area contributed by atoms with Gasteiger partial charge >= 0.3 is 0 Å². The van der Waals surface area contributed by atoms with Crippen LogP contribution in [-0.4, -0.2) is 38.1 Å². The van der Waals surface area contributed by atoms with Crippen LogP contribution in [0.15, 0.2) is 60.8 Å². The van der Waals surface area contributed by atoms with E-state index in [4.69, 9.17) is 11.6 Å². The van der Waals surface area contributed by atoms with E-state index in [-0.39, 0.29) is 11.8 Å². The number of hydrogen-bond acceptors (Lipinski definition) is 5. The maximum atomic E-state index is 12.8. The van der Waals surface area contributed by atoms with Gasteiger partial charge in [-0.2, -0.15) is 5.10 Å². The van der Waals surface area contributed by atoms with Crippen molar-refractivity contribution in [2.45, 2.75) is 26.4 Å². The average molecular weight is 478 g/mol. The number of carbonyl (C=O) groups is 2. The first-order valence-corrected chi connectivity index (χ1v) is 11.1.